The highest BCUT2D eigenvalue weighted by Crippen LogP contribution is 2.54. The Balaban J connectivity index is 1.17. The van der Waals surface area contributed by atoms with E-state index in [1.807, 2.05) is 0 Å². The van der Waals surface area contributed by atoms with E-state index in [2.05, 4.69) is 257 Å². The minimum absolute atomic E-state index is 0.000619. The molecule has 0 N–H and O–H groups in total. The van der Waals surface area contributed by atoms with Crippen LogP contribution in [-0.2, 0) is 33.6 Å². The van der Waals surface area contributed by atoms with E-state index >= 15 is 0 Å². The number of fused-ring (bicyclic) bond motifs is 8. The summed E-state index contributed by atoms with van der Waals surface area (Å²) in [5, 5.41) is 1.22. The standard InChI is InChI=1S/C73H75BN2O/c1-45-21-20-22-46(2)65(45)51-37-56-54-31-28-49(47-23-16-14-17-24-47)38-62(54)76(53-30-32-58-59(41-53)71(8,9)34-33-70(58,6)7)74-66(56)63(39-51)75(44-50-27-29-52(69(3,4)5)40-55(50)48-25-18-15-19-26-48)68-67(74)57-42-60-61(43-64(57)77-68)73(12,13)36-35-72(60,10)11/h14-32,37-43H,33-36,44H2,1-13H3. The SMILES string of the molecule is Cc1cccc(C)c1-c1cc2c3c(c1)N(Cc1ccc(C(C)(C)C)cc1-c1ccccc1)c1oc4cc5c(cc4c1B3N(c1ccc3c(c1)C(C)(C)CCC3(C)C)c1cc(-c3ccccc3)ccc1-2)C(C)(C)CCC5(C)C. The van der Waals surface area contributed by atoms with Crippen LogP contribution < -0.4 is 20.6 Å². The molecule has 13 rings (SSSR count). The molecule has 77 heavy (non-hydrogen) atoms. The van der Waals surface area contributed by atoms with Crippen LogP contribution >= 0.6 is 0 Å². The second kappa shape index (κ2) is 17.2. The van der Waals surface area contributed by atoms with Crippen molar-refractivity contribution >= 4 is 51.7 Å². The monoisotopic (exact) mass is 1010 g/mol. The molecule has 386 valence electrons. The molecule has 2 aliphatic heterocycles. The molecule has 0 saturated carbocycles. The number of benzene rings is 8. The van der Waals surface area contributed by atoms with Gasteiger partial charge in [0.2, 0.25) is 0 Å². The first-order chi connectivity index (χ1) is 36.6. The van der Waals surface area contributed by atoms with Crippen molar-refractivity contribution < 1.29 is 4.42 Å². The van der Waals surface area contributed by atoms with Crippen molar-refractivity contribution in [2.75, 3.05) is 9.71 Å². The Kier molecular flexibility index (Phi) is 11.1. The molecule has 0 spiro atoms. The zero-order valence-electron chi connectivity index (χ0n) is 47.9. The molecule has 0 bridgehead atoms. The lowest BCUT2D eigenvalue weighted by Crippen LogP contribution is -2.61. The molecule has 9 aromatic rings. The normalized spacial score (nSPS) is 17.3. The first-order valence-electron chi connectivity index (χ1n) is 28.6. The molecule has 3 heterocycles. The lowest BCUT2D eigenvalue weighted by atomic mass is 9.43. The van der Waals surface area contributed by atoms with Gasteiger partial charge in [0.05, 0.1) is 6.54 Å². The Labute approximate surface area is 459 Å². The highest BCUT2D eigenvalue weighted by Gasteiger charge is 2.50. The van der Waals surface area contributed by atoms with Gasteiger partial charge in [0.15, 0.2) is 5.88 Å². The molecular weight excluding hydrogens is 932 g/mol. The molecule has 8 aromatic carbocycles. The number of hydrogen-bond donors (Lipinski definition) is 0. The molecule has 0 radical (unpaired) electrons. The second-order valence-electron chi connectivity index (χ2n) is 27.1. The third-order valence-electron chi connectivity index (χ3n) is 19.1. The van der Waals surface area contributed by atoms with E-state index in [4.69, 9.17) is 4.42 Å². The van der Waals surface area contributed by atoms with E-state index in [0.29, 0.717) is 6.54 Å². The molecule has 0 saturated heterocycles. The van der Waals surface area contributed by atoms with Gasteiger partial charge in [-0.25, -0.2) is 0 Å². The van der Waals surface area contributed by atoms with Crippen LogP contribution in [0.1, 0.15) is 146 Å². The average molecular weight is 1010 g/mol. The number of furan rings is 1. The molecule has 4 heteroatoms. The van der Waals surface area contributed by atoms with Crippen LogP contribution in [0.3, 0.4) is 0 Å². The van der Waals surface area contributed by atoms with E-state index in [-0.39, 0.29) is 33.9 Å². The maximum absolute atomic E-state index is 7.79. The summed E-state index contributed by atoms with van der Waals surface area (Å²) in [6.45, 7) is 31.6. The minimum Gasteiger partial charge on any atom is -0.441 e. The van der Waals surface area contributed by atoms with Crippen LogP contribution in [0.5, 0.6) is 0 Å². The number of anilines is 4. The number of rotatable bonds is 6. The Morgan fingerprint density at radius 1 is 0.481 bits per heavy atom. The number of nitrogens with zero attached hydrogens (tertiary/aromatic N) is 2. The van der Waals surface area contributed by atoms with Crippen molar-refractivity contribution in [3.8, 4) is 44.5 Å². The molecule has 4 aliphatic rings. The zero-order valence-corrected chi connectivity index (χ0v) is 47.9. The predicted molar refractivity (Wildman–Crippen MR) is 329 cm³/mol. The van der Waals surface area contributed by atoms with Crippen molar-refractivity contribution in [1.29, 1.82) is 0 Å². The van der Waals surface area contributed by atoms with Crippen LogP contribution in [-0.4, -0.2) is 6.85 Å². The average Bonchev–Trinajstić information content (AvgIpc) is 3.95. The van der Waals surface area contributed by atoms with Gasteiger partial charge < -0.3 is 14.1 Å². The van der Waals surface area contributed by atoms with Crippen molar-refractivity contribution in [2.24, 2.45) is 0 Å². The van der Waals surface area contributed by atoms with E-state index in [1.54, 1.807) is 0 Å². The smallest absolute Gasteiger partial charge is 0.337 e. The van der Waals surface area contributed by atoms with E-state index in [9.17, 15) is 0 Å². The highest BCUT2D eigenvalue weighted by atomic mass is 16.4. The van der Waals surface area contributed by atoms with E-state index in [1.165, 1.54) is 129 Å². The van der Waals surface area contributed by atoms with Gasteiger partial charge in [-0.3, -0.25) is 0 Å². The molecule has 0 fully saturated rings. The maximum Gasteiger partial charge on any atom is 0.337 e. The minimum atomic E-state index is -0.217. The molecule has 0 atom stereocenters. The molecule has 0 amide bonds. The molecule has 1 aromatic heterocycles. The van der Waals surface area contributed by atoms with Crippen LogP contribution in [0.25, 0.3) is 55.5 Å². The Morgan fingerprint density at radius 2 is 1.08 bits per heavy atom. The predicted octanol–water partition coefficient (Wildman–Crippen LogP) is 18.6. The first kappa shape index (κ1) is 49.5. The topological polar surface area (TPSA) is 19.6 Å². The quantitative estimate of drug-likeness (QED) is 0.155. The largest absolute Gasteiger partial charge is 0.441 e. The van der Waals surface area contributed by atoms with Crippen molar-refractivity contribution in [3.63, 3.8) is 0 Å². The molecule has 0 unspecified atom stereocenters. The molecule has 2 aliphatic carbocycles. The van der Waals surface area contributed by atoms with E-state index < -0.39 is 0 Å². The van der Waals surface area contributed by atoms with Gasteiger partial charge >= 0.3 is 6.85 Å². The molecular formula is C73H75BN2O. The second-order valence-corrected chi connectivity index (χ2v) is 27.1. The van der Waals surface area contributed by atoms with Gasteiger partial charge in [-0.15, -0.1) is 0 Å². The summed E-state index contributed by atoms with van der Waals surface area (Å²) in [5.74, 6) is 0.936. The van der Waals surface area contributed by atoms with Gasteiger partial charge in [-0.05, 0) is 198 Å². The third kappa shape index (κ3) is 7.89. The summed E-state index contributed by atoms with van der Waals surface area (Å²) >= 11 is 0. The summed E-state index contributed by atoms with van der Waals surface area (Å²) in [4.78, 5) is 5.34. The highest BCUT2D eigenvalue weighted by molar-refractivity contribution is 6.95. The summed E-state index contributed by atoms with van der Waals surface area (Å²) in [6, 6.07) is 61.0. The molecule has 3 nitrogen and oxygen atoms in total. The fourth-order valence-corrected chi connectivity index (χ4v) is 14.2. The van der Waals surface area contributed by atoms with Crippen LogP contribution in [0.15, 0.2) is 162 Å². The lowest BCUT2D eigenvalue weighted by molar-refractivity contribution is 0.332. The van der Waals surface area contributed by atoms with Crippen molar-refractivity contribution in [2.45, 2.75) is 149 Å². The fraction of sp³-hybridized carbons (Fsp3) is 0.315. The van der Waals surface area contributed by atoms with Crippen LogP contribution in [0.2, 0.25) is 0 Å². The van der Waals surface area contributed by atoms with Crippen LogP contribution in [0.4, 0.5) is 22.9 Å². The van der Waals surface area contributed by atoms with E-state index in [0.717, 1.165) is 30.7 Å². The summed E-state index contributed by atoms with van der Waals surface area (Å²) in [6.07, 6.45) is 4.59. The third-order valence-corrected chi connectivity index (χ3v) is 19.1. The van der Waals surface area contributed by atoms with Gasteiger partial charge in [0.25, 0.3) is 0 Å². The number of aryl methyl sites for hydroxylation is 2. The Morgan fingerprint density at radius 3 is 1.73 bits per heavy atom. The summed E-state index contributed by atoms with van der Waals surface area (Å²) < 4.78 is 7.79. The van der Waals surface area contributed by atoms with Crippen molar-refractivity contribution in [3.05, 3.63) is 202 Å². The summed E-state index contributed by atoms with van der Waals surface area (Å²) in [5.41, 5.74) is 28.2. The first-order valence-corrected chi connectivity index (χ1v) is 28.6. The van der Waals surface area contributed by atoms with Gasteiger partial charge in [0, 0.05) is 33.5 Å². The van der Waals surface area contributed by atoms with Gasteiger partial charge in [-0.1, -0.05) is 191 Å². The van der Waals surface area contributed by atoms with Gasteiger partial charge in [-0.2, -0.15) is 0 Å². The summed E-state index contributed by atoms with van der Waals surface area (Å²) in [7, 11) is 0. The fourth-order valence-electron chi connectivity index (χ4n) is 14.2. The van der Waals surface area contributed by atoms with Crippen molar-refractivity contribution in [1.82, 2.24) is 0 Å². The number of hydrogen-bond acceptors (Lipinski definition) is 3. The Bertz CT molecular complexity index is 3840. The van der Waals surface area contributed by atoms with Crippen LogP contribution in [0, 0.1) is 13.8 Å². The lowest BCUT2D eigenvalue weighted by Gasteiger charge is -2.46. The van der Waals surface area contributed by atoms with Gasteiger partial charge in [0.1, 0.15) is 5.58 Å². The zero-order chi connectivity index (χ0) is 53.7. The Hall–Kier alpha value is -7.04. The maximum atomic E-state index is 7.79.